The van der Waals surface area contributed by atoms with Gasteiger partial charge in [-0.25, -0.2) is 4.98 Å². The van der Waals surface area contributed by atoms with E-state index in [0.717, 1.165) is 16.7 Å². The number of pyridine rings is 1. The van der Waals surface area contributed by atoms with E-state index in [0.29, 0.717) is 11.4 Å². The number of halogens is 1. The molecule has 0 fully saturated rings. The molecule has 3 aromatic rings. The third-order valence-electron chi connectivity index (χ3n) is 3.78. The molecular formula is C22H14ClN3O. The molecule has 0 atom stereocenters. The number of nitrogens with one attached hydrogen (secondary N) is 1. The number of carbonyl (C=O) groups is 1. The fourth-order valence-corrected chi connectivity index (χ4v) is 2.59. The summed E-state index contributed by atoms with van der Waals surface area (Å²) in [5.74, 6) is 6.12. The van der Waals surface area contributed by atoms with Crippen molar-refractivity contribution in [2.24, 2.45) is 0 Å². The second-order valence-corrected chi connectivity index (χ2v) is 6.17. The summed E-state index contributed by atoms with van der Waals surface area (Å²) in [7, 11) is 0. The molecule has 3 rings (SSSR count). The normalized spacial score (nSPS) is 9.67. The number of hydrogen-bond donors (Lipinski definition) is 1. The summed E-state index contributed by atoms with van der Waals surface area (Å²) in [6.45, 7) is 1.84. The zero-order valence-electron chi connectivity index (χ0n) is 14.5. The van der Waals surface area contributed by atoms with Gasteiger partial charge < -0.3 is 5.32 Å². The number of hydrogen-bond acceptors (Lipinski definition) is 3. The first kappa shape index (κ1) is 18.2. The van der Waals surface area contributed by atoms with Crippen molar-refractivity contribution in [1.82, 2.24) is 4.98 Å². The molecule has 4 nitrogen and oxygen atoms in total. The average Bonchev–Trinajstić information content (AvgIpc) is 2.69. The smallest absolute Gasteiger partial charge is 0.258 e. The molecule has 0 saturated carbocycles. The molecule has 0 bridgehead atoms. The molecule has 0 aliphatic carbocycles. The molecule has 1 heterocycles. The van der Waals surface area contributed by atoms with Gasteiger partial charge in [0.05, 0.1) is 22.2 Å². The first-order valence-corrected chi connectivity index (χ1v) is 8.49. The van der Waals surface area contributed by atoms with Crippen molar-refractivity contribution in [2.45, 2.75) is 6.92 Å². The van der Waals surface area contributed by atoms with Gasteiger partial charge in [0.1, 0.15) is 5.82 Å². The Morgan fingerprint density at radius 2 is 1.78 bits per heavy atom. The molecule has 27 heavy (non-hydrogen) atoms. The summed E-state index contributed by atoms with van der Waals surface area (Å²) in [5, 5.41) is 12.0. The summed E-state index contributed by atoms with van der Waals surface area (Å²) < 4.78 is 0. The van der Waals surface area contributed by atoms with Crippen LogP contribution in [-0.2, 0) is 0 Å². The average molecular weight is 372 g/mol. The zero-order valence-corrected chi connectivity index (χ0v) is 15.2. The lowest BCUT2D eigenvalue weighted by atomic mass is 10.1. The summed E-state index contributed by atoms with van der Waals surface area (Å²) in [6.07, 6.45) is 1.60. The van der Waals surface area contributed by atoms with Crippen LogP contribution in [-0.4, -0.2) is 10.9 Å². The molecular weight excluding hydrogens is 358 g/mol. The summed E-state index contributed by atoms with van der Waals surface area (Å²) >= 11 is 6.07. The molecule has 0 radical (unpaired) electrons. The molecule has 0 aliphatic rings. The van der Waals surface area contributed by atoms with Crippen molar-refractivity contribution >= 4 is 23.3 Å². The Hall–Kier alpha value is -3.60. The van der Waals surface area contributed by atoms with Crippen molar-refractivity contribution < 1.29 is 4.79 Å². The lowest BCUT2D eigenvalue weighted by Crippen LogP contribution is -2.14. The van der Waals surface area contributed by atoms with Crippen LogP contribution >= 0.6 is 11.6 Å². The third-order valence-corrected chi connectivity index (χ3v) is 4.10. The van der Waals surface area contributed by atoms with Crippen molar-refractivity contribution in [2.75, 3.05) is 5.32 Å². The van der Waals surface area contributed by atoms with Crippen LogP contribution in [0.1, 0.15) is 32.6 Å². The number of anilines is 1. The van der Waals surface area contributed by atoms with E-state index in [-0.39, 0.29) is 10.6 Å². The molecule has 1 N–H and O–H groups in total. The number of amides is 1. The quantitative estimate of drug-likeness (QED) is 0.671. The number of carbonyl (C=O) groups excluding carboxylic acids is 1. The van der Waals surface area contributed by atoms with Gasteiger partial charge in [-0.3, -0.25) is 4.79 Å². The van der Waals surface area contributed by atoms with Crippen LogP contribution < -0.4 is 5.32 Å². The van der Waals surface area contributed by atoms with Crippen LogP contribution in [0.15, 0.2) is 60.8 Å². The van der Waals surface area contributed by atoms with Crippen LogP contribution in [0.2, 0.25) is 5.02 Å². The van der Waals surface area contributed by atoms with Crippen LogP contribution in [0.3, 0.4) is 0 Å². The van der Waals surface area contributed by atoms with Crippen LogP contribution in [0.25, 0.3) is 0 Å². The first-order valence-electron chi connectivity index (χ1n) is 8.11. The van der Waals surface area contributed by atoms with E-state index in [1.54, 1.807) is 12.3 Å². The molecule has 2 aromatic carbocycles. The fourth-order valence-electron chi connectivity index (χ4n) is 2.38. The highest BCUT2D eigenvalue weighted by Gasteiger charge is 2.13. The number of aryl methyl sites for hydroxylation is 1. The van der Waals surface area contributed by atoms with Crippen molar-refractivity contribution in [3.05, 3.63) is 93.6 Å². The van der Waals surface area contributed by atoms with Gasteiger partial charge in [-0.2, -0.15) is 5.26 Å². The van der Waals surface area contributed by atoms with E-state index in [4.69, 9.17) is 16.9 Å². The summed E-state index contributed by atoms with van der Waals surface area (Å²) in [4.78, 5) is 16.8. The van der Waals surface area contributed by atoms with Crippen molar-refractivity contribution in [3.8, 4) is 17.9 Å². The monoisotopic (exact) mass is 371 g/mol. The second-order valence-electron chi connectivity index (χ2n) is 5.77. The maximum Gasteiger partial charge on any atom is 0.258 e. The summed E-state index contributed by atoms with van der Waals surface area (Å²) in [6, 6.07) is 18.0. The van der Waals surface area contributed by atoms with Gasteiger partial charge in [-0.1, -0.05) is 41.6 Å². The molecule has 0 aliphatic heterocycles. The molecule has 0 saturated heterocycles. The predicted molar refractivity (Wildman–Crippen MR) is 106 cm³/mol. The minimum atomic E-state index is -0.421. The van der Waals surface area contributed by atoms with Gasteiger partial charge >= 0.3 is 0 Å². The molecule has 0 unspecified atom stereocenters. The number of aromatic nitrogens is 1. The van der Waals surface area contributed by atoms with Gasteiger partial charge in [0.25, 0.3) is 5.91 Å². The Bertz CT molecular complexity index is 1110. The topological polar surface area (TPSA) is 65.8 Å². The summed E-state index contributed by atoms with van der Waals surface area (Å²) in [5.41, 5.74) is 3.03. The van der Waals surface area contributed by atoms with Crippen molar-refractivity contribution in [1.29, 1.82) is 5.26 Å². The number of benzene rings is 2. The largest absolute Gasteiger partial charge is 0.306 e. The number of nitriles is 1. The fraction of sp³-hybridized carbons (Fsp3) is 0.0455. The van der Waals surface area contributed by atoms with Crippen LogP contribution in [0.5, 0.6) is 0 Å². The number of rotatable bonds is 2. The maximum absolute atomic E-state index is 12.5. The van der Waals surface area contributed by atoms with Gasteiger partial charge in [-0.05, 0) is 48.9 Å². The Morgan fingerprint density at radius 1 is 1.04 bits per heavy atom. The Morgan fingerprint density at radius 3 is 2.48 bits per heavy atom. The van der Waals surface area contributed by atoms with E-state index in [2.05, 4.69) is 22.1 Å². The van der Waals surface area contributed by atoms with E-state index in [9.17, 15) is 4.79 Å². The Balaban J connectivity index is 1.80. The van der Waals surface area contributed by atoms with Gasteiger partial charge in [0.15, 0.2) is 0 Å². The second kappa shape index (κ2) is 8.19. The predicted octanol–water partition coefficient (Wildman–Crippen LogP) is 4.57. The van der Waals surface area contributed by atoms with Gasteiger partial charge in [-0.15, -0.1) is 0 Å². The Labute approximate surface area is 162 Å². The lowest BCUT2D eigenvalue weighted by molar-refractivity contribution is 0.102. The third kappa shape index (κ3) is 4.52. The van der Waals surface area contributed by atoms with Crippen LogP contribution in [0.4, 0.5) is 5.82 Å². The highest BCUT2D eigenvalue weighted by Crippen LogP contribution is 2.20. The van der Waals surface area contributed by atoms with Crippen LogP contribution in [0, 0.1) is 30.1 Å². The number of nitrogens with zero attached hydrogens (tertiary/aromatic N) is 2. The van der Waals surface area contributed by atoms with E-state index in [1.807, 2.05) is 49.4 Å². The SMILES string of the molecule is Cc1cc(C#Cc2ccccc2)cnc1NC(=O)c1cc(C#N)ccc1Cl. The maximum atomic E-state index is 12.5. The molecule has 130 valence electrons. The van der Waals surface area contributed by atoms with E-state index < -0.39 is 5.91 Å². The Kier molecular flexibility index (Phi) is 5.52. The zero-order chi connectivity index (χ0) is 19.2. The van der Waals surface area contributed by atoms with E-state index >= 15 is 0 Å². The molecule has 0 spiro atoms. The molecule has 1 aromatic heterocycles. The first-order chi connectivity index (χ1) is 13.1. The van der Waals surface area contributed by atoms with E-state index in [1.165, 1.54) is 12.1 Å². The lowest BCUT2D eigenvalue weighted by Gasteiger charge is -2.09. The minimum absolute atomic E-state index is 0.227. The highest BCUT2D eigenvalue weighted by atomic mass is 35.5. The standard InChI is InChI=1S/C22H14ClN3O/c1-15-11-18(8-7-16-5-3-2-4-6-16)14-25-21(15)26-22(27)19-12-17(13-24)9-10-20(19)23/h2-6,9-12,14H,1H3,(H,25,26,27). The van der Waals surface area contributed by atoms with Gasteiger partial charge in [0.2, 0.25) is 0 Å². The van der Waals surface area contributed by atoms with Crippen molar-refractivity contribution in [3.63, 3.8) is 0 Å². The van der Waals surface area contributed by atoms with Gasteiger partial charge in [0, 0.05) is 17.3 Å². The minimum Gasteiger partial charge on any atom is -0.306 e. The molecule has 1 amide bonds. The highest BCUT2D eigenvalue weighted by molar-refractivity contribution is 6.34. The molecule has 5 heteroatoms.